The summed E-state index contributed by atoms with van der Waals surface area (Å²) in [5.41, 5.74) is 3.64. The van der Waals surface area contributed by atoms with Crippen LogP contribution >= 0.6 is 0 Å². The molecule has 0 aliphatic carbocycles. The molecule has 1 unspecified atom stereocenters. The Morgan fingerprint density at radius 2 is 1.39 bits per heavy atom. The molecule has 1 N–H and O–H groups in total. The van der Waals surface area contributed by atoms with Crippen molar-refractivity contribution in [2.24, 2.45) is 10.2 Å². The van der Waals surface area contributed by atoms with Crippen LogP contribution in [-0.2, 0) is 15.9 Å². The van der Waals surface area contributed by atoms with E-state index in [0.717, 1.165) is 23.4 Å². The Kier molecular flexibility index (Phi) is 9.55. The van der Waals surface area contributed by atoms with Gasteiger partial charge in [-0.1, -0.05) is 43.3 Å². The van der Waals surface area contributed by atoms with Crippen LogP contribution in [0.2, 0.25) is 0 Å². The second kappa shape index (κ2) is 12.2. The Bertz CT molecular complexity index is 733. The van der Waals surface area contributed by atoms with Gasteiger partial charge in [-0.25, -0.2) is 0 Å². The predicted molar refractivity (Wildman–Crippen MR) is 112 cm³/mol. The Balaban J connectivity index is 1.91. The first-order valence-corrected chi connectivity index (χ1v) is 9.84. The van der Waals surface area contributed by atoms with Crippen LogP contribution in [0.15, 0.2) is 70.9 Å². The normalized spacial score (nSPS) is 13.0. The molecule has 0 saturated heterocycles. The summed E-state index contributed by atoms with van der Waals surface area (Å²) < 4.78 is 11.0. The van der Waals surface area contributed by atoms with Crippen LogP contribution in [0.25, 0.3) is 0 Å². The van der Waals surface area contributed by atoms with Crippen molar-refractivity contribution in [3.05, 3.63) is 71.8 Å². The second-order valence-electron chi connectivity index (χ2n) is 6.26. The van der Waals surface area contributed by atoms with E-state index >= 15 is 0 Å². The maximum atomic E-state index is 10.3. The van der Waals surface area contributed by atoms with Gasteiger partial charge >= 0.3 is 0 Å². The lowest BCUT2D eigenvalue weighted by molar-refractivity contribution is -0.133. The van der Waals surface area contributed by atoms with E-state index in [1.165, 1.54) is 5.56 Å². The summed E-state index contributed by atoms with van der Waals surface area (Å²) in [4.78, 5) is 0. The molecule has 5 heteroatoms. The second-order valence-corrected chi connectivity index (χ2v) is 6.26. The molecule has 150 valence electrons. The summed E-state index contributed by atoms with van der Waals surface area (Å²) in [6.07, 6.45) is 4.28. The smallest absolute Gasteiger partial charge is 0.160 e. The Morgan fingerprint density at radius 1 is 0.857 bits per heavy atom. The number of aryl methyl sites for hydroxylation is 1. The lowest BCUT2D eigenvalue weighted by atomic mass is 10.1. The van der Waals surface area contributed by atoms with E-state index in [1.54, 1.807) is 6.08 Å². The Hall–Kier alpha value is -2.34. The summed E-state index contributed by atoms with van der Waals surface area (Å²) >= 11 is 0. The number of hydrogen-bond acceptors (Lipinski definition) is 5. The topological polar surface area (TPSA) is 63.4 Å². The fourth-order valence-corrected chi connectivity index (χ4v) is 2.64. The number of nitrogens with zero attached hydrogens (tertiary/aromatic N) is 2. The number of hydrogen-bond donors (Lipinski definition) is 1. The van der Waals surface area contributed by atoms with Gasteiger partial charge in [-0.3, -0.25) is 0 Å². The van der Waals surface area contributed by atoms with Gasteiger partial charge in [0.25, 0.3) is 0 Å². The molecule has 0 saturated carbocycles. The summed E-state index contributed by atoms with van der Waals surface area (Å²) in [5, 5.41) is 18.8. The molecule has 28 heavy (non-hydrogen) atoms. The minimum absolute atomic E-state index is 0.271. The summed E-state index contributed by atoms with van der Waals surface area (Å²) in [6, 6.07) is 15.4. The standard InChI is InChI=1S/C23H30N2O3/c1-4-18-10-14-20(15-11-18)24-25-21-16-12-19(13-17-21)22(26)8-7-9-23(27-5-2)28-6-3/h7-8,10-17,22-23,26H,4-6,9H2,1-3H3/b8-7-,25-24?. The van der Waals surface area contributed by atoms with E-state index < -0.39 is 6.10 Å². The lowest BCUT2D eigenvalue weighted by Gasteiger charge is -2.15. The quantitative estimate of drug-likeness (QED) is 0.293. The summed E-state index contributed by atoms with van der Waals surface area (Å²) in [7, 11) is 0. The minimum atomic E-state index is -0.684. The van der Waals surface area contributed by atoms with Crippen LogP contribution in [0.5, 0.6) is 0 Å². The van der Waals surface area contributed by atoms with Gasteiger partial charge in [-0.15, -0.1) is 0 Å². The minimum Gasteiger partial charge on any atom is -0.384 e. The molecule has 0 spiro atoms. The highest BCUT2D eigenvalue weighted by Crippen LogP contribution is 2.22. The molecule has 2 aromatic rings. The third kappa shape index (κ3) is 7.35. The molecule has 0 fully saturated rings. The molecule has 2 rings (SSSR count). The predicted octanol–water partition coefficient (Wildman–Crippen LogP) is 6.04. The van der Waals surface area contributed by atoms with Crippen molar-refractivity contribution in [2.45, 2.75) is 46.0 Å². The first kappa shape index (κ1) is 22.0. The molecule has 0 radical (unpaired) electrons. The zero-order valence-corrected chi connectivity index (χ0v) is 16.9. The van der Waals surface area contributed by atoms with Crippen molar-refractivity contribution in [1.29, 1.82) is 0 Å². The molecule has 2 aromatic carbocycles. The van der Waals surface area contributed by atoms with E-state index in [4.69, 9.17) is 9.47 Å². The highest BCUT2D eigenvalue weighted by Gasteiger charge is 2.07. The van der Waals surface area contributed by atoms with Gasteiger partial charge in [0.15, 0.2) is 6.29 Å². The number of benzene rings is 2. The Morgan fingerprint density at radius 3 is 1.89 bits per heavy atom. The fraction of sp³-hybridized carbons (Fsp3) is 0.391. The van der Waals surface area contributed by atoms with Crippen LogP contribution < -0.4 is 0 Å². The zero-order chi connectivity index (χ0) is 20.2. The van der Waals surface area contributed by atoms with E-state index in [0.29, 0.717) is 19.6 Å². The van der Waals surface area contributed by atoms with Crippen LogP contribution in [0.3, 0.4) is 0 Å². The number of aliphatic hydroxyl groups excluding tert-OH is 1. The van der Waals surface area contributed by atoms with E-state index in [2.05, 4.69) is 29.3 Å². The van der Waals surface area contributed by atoms with Crippen LogP contribution in [0, 0.1) is 0 Å². The van der Waals surface area contributed by atoms with Crippen LogP contribution in [0.4, 0.5) is 11.4 Å². The molecule has 0 aliphatic heterocycles. The zero-order valence-electron chi connectivity index (χ0n) is 16.9. The van der Waals surface area contributed by atoms with Gasteiger partial charge in [0.1, 0.15) is 0 Å². The lowest BCUT2D eigenvalue weighted by Crippen LogP contribution is -2.16. The first-order chi connectivity index (χ1) is 13.7. The summed E-state index contributed by atoms with van der Waals surface area (Å²) in [6.45, 7) is 7.19. The molecular formula is C23H30N2O3. The number of rotatable bonds is 11. The number of azo groups is 1. The molecule has 0 bridgehead atoms. The largest absolute Gasteiger partial charge is 0.384 e. The first-order valence-electron chi connectivity index (χ1n) is 9.84. The molecule has 0 heterocycles. The van der Waals surface area contributed by atoms with Crippen molar-refractivity contribution in [1.82, 2.24) is 0 Å². The van der Waals surface area contributed by atoms with Gasteiger partial charge in [-0.05, 0) is 55.7 Å². The highest BCUT2D eigenvalue weighted by atomic mass is 16.7. The average molecular weight is 383 g/mol. The SMILES string of the molecule is CCOC(C/C=C\C(O)c1ccc(N=Nc2ccc(CC)cc2)cc1)OCC. The van der Waals surface area contributed by atoms with E-state index in [-0.39, 0.29) is 6.29 Å². The highest BCUT2D eigenvalue weighted by molar-refractivity contribution is 5.42. The number of aliphatic hydroxyl groups is 1. The van der Waals surface area contributed by atoms with Gasteiger partial charge < -0.3 is 14.6 Å². The van der Waals surface area contributed by atoms with Crippen molar-refractivity contribution in [2.75, 3.05) is 13.2 Å². The maximum absolute atomic E-state index is 10.3. The van der Waals surface area contributed by atoms with Crippen LogP contribution in [-0.4, -0.2) is 24.6 Å². The maximum Gasteiger partial charge on any atom is 0.160 e. The van der Waals surface area contributed by atoms with Gasteiger partial charge in [0.05, 0.1) is 17.5 Å². The van der Waals surface area contributed by atoms with Gasteiger partial charge in [-0.2, -0.15) is 10.2 Å². The number of ether oxygens (including phenoxy) is 2. The van der Waals surface area contributed by atoms with Crippen molar-refractivity contribution < 1.29 is 14.6 Å². The average Bonchev–Trinajstić information content (AvgIpc) is 2.73. The third-order valence-electron chi connectivity index (χ3n) is 4.21. The van der Waals surface area contributed by atoms with Gasteiger partial charge in [0, 0.05) is 19.6 Å². The fourth-order valence-electron chi connectivity index (χ4n) is 2.64. The van der Waals surface area contributed by atoms with Gasteiger partial charge in [0.2, 0.25) is 0 Å². The van der Waals surface area contributed by atoms with E-state index in [1.807, 2.05) is 56.3 Å². The monoisotopic (exact) mass is 382 g/mol. The molecular weight excluding hydrogens is 352 g/mol. The molecule has 1 atom stereocenters. The Labute approximate surface area is 167 Å². The molecule has 5 nitrogen and oxygen atoms in total. The van der Waals surface area contributed by atoms with Crippen molar-refractivity contribution >= 4 is 11.4 Å². The van der Waals surface area contributed by atoms with Crippen molar-refractivity contribution in [3.63, 3.8) is 0 Å². The van der Waals surface area contributed by atoms with E-state index in [9.17, 15) is 5.11 Å². The van der Waals surface area contributed by atoms with Crippen LogP contribution in [0.1, 0.15) is 44.4 Å². The van der Waals surface area contributed by atoms with Crippen molar-refractivity contribution in [3.8, 4) is 0 Å². The summed E-state index contributed by atoms with van der Waals surface area (Å²) in [5.74, 6) is 0. The third-order valence-corrected chi connectivity index (χ3v) is 4.21. The molecule has 0 aromatic heterocycles. The molecule has 0 amide bonds. The molecule has 0 aliphatic rings.